The molecule has 0 aliphatic carbocycles. The first-order valence-electron chi connectivity index (χ1n) is 9.71. The minimum atomic E-state index is 0.210. The van der Waals surface area contributed by atoms with Crippen LogP contribution in [0.4, 0.5) is 11.5 Å². The fraction of sp³-hybridized carbons (Fsp3) is 0.318. The number of anilines is 2. The Balaban J connectivity index is 1.85. The summed E-state index contributed by atoms with van der Waals surface area (Å²) < 4.78 is 12.8. The standard InChI is InChI=1S/C22H24N6O2/c1-14-11-28(13-25-14)22-20(10-23)19(9-21(24)26-22)15-6-16(8-18(7-15)30-3)27-5-4-17(12-27)29-2/h6-9,11,13,17H,4-5,12H2,1-3H3,(H2,24,26). The number of aryl methyl sites for hydroxylation is 1. The van der Waals surface area contributed by atoms with Gasteiger partial charge in [0.05, 0.1) is 18.9 Å². The van der Waals surface area contributed by atoms with Crippen LogP contribution in [0.2, 0.25) is 0 Å². The topological polar surface area (TPSA) is 102 Å². The normalized spacial score (nSPS) is 15.9. The highest BCUT2D eigenvalue weighted by atomic mass is 16.5. The van der Waals surface area contributed by atoms with E-state index in [2.05, 4.69) is 27.0 Å². The van der Waals surface area contributed by atoms with Crippen molar-refractivity contribution >= 4 is 11.5 Å². The number of ether oxygens (including phenoxy) is 2. The van der Waals surface area contributed by atoms with Crippen molar-refractivity contribution in [2.45, 2.75) is 19.4 Å². The van der Waals surface area contributed by atoms with Gasteiger partial charge in [-0.25, -0.2) is 9.97 Å². The lowest BCUT2D eigenvalue weighted by atomic mass is 9.99. The number of hydrogen-bond donors (Lipinski definition) is 1. The van der Waals surface area contributed by atoms with Crippen LogP contribution >= 0.6 is 0 Å². The predicted molar refractivity (Wildman–Crippen MR) is 115 cm³/mol. The van der Waals surface area contributed by atoms with E-state index in [-0.39, 0.29) is 6.10 Å². The molecule has 154 valence electrons. The Morgan fingerprint density at radius 3 is 2.70 bits per heavy atom. The summed E-state index contributed by atoms with van der Waals surface area (Å²) in [5, 5.41) is 9.97. The molecule has 4 rings (SSSR count). The van der Waals surface area contributed by atoms with Gasteiger partial charge >= 0.3 is 0 Å². The molecule has 1 aromatic carbocycles. The predicted octanol–water partition coefficient (Wildman–Crippen LogP) is 2.93. The number of methoxy groups -OCH3 is 2. The van der Waals surface area contributed by atoms with E-state index in [0.29, 0.717) is 28.5 Å². The molecular weight excluding hydrogens is 380 g/mol. The molecule has 2 aromatic heterocycles. The van der Waals surface area contributed by atoms with Gasteiger partial charge in [-0.1, -0.05) is 0 Å². The number of rotatable bonds is 5. The third kappa shape index (κ3) is 3.67. The lowest BCUT2D eigenvalue weighted by molar-refractivity contribution is 0.121. The minimum absolute atomic E-state index is 0.210. The van der Waals surface area contributed by atoms with Crippen molar-refractivity contribution in [1.82, 2.24) is 14.5 Å². The van der Waals surface area contributed by atoms with Gasteiger partial charge in [0.15, 0.2) is 5.82 Å². The van der Waals surface area contributed by atoms with Crippen LogP contribution in [0.1, 0.15) is 17.7 Å². The number of aromatic nitrogens is 3. The Hall–Kier alpha value is -3.57. The van der Waals surface area contributed by atoms with Crippen molar-refractivity contribution in [1.29, 1.82) is 5.26 Å². The highest BCUT2D eigenvalue weighted by molar-refractivity contribution is 5.79. The molecule has 0 amide bonds. The van der Waals surface area contributed by atoms with Crippen molar-refractivity contribution in [3.8, 4) is 28.8 Å². The summed E-state index contributed by atoms with van der Waals surface area (Å²) >= 11 is 0. The van der Waals surface area contributed by atoms with Crippen molar-refractivity contribution in [2.75, 3.05) is 37.9 Å². The highest BCUT2D eigenvalue weighted by Gasteiger charge is 2.24. The Morgan fingerprint density at radius 1 is 1.23 bits per heavy atom. The van der Waals surface area contributed by atoms with E-state index < -0.39 is 0 Å². The van der Waals surface area contributed by atoms with Gasteiger partial charge < -0.3 is 20.1 Å². The summed E-state index contributed by atoms with van der Waals surface area (Å²) in [6.07, 6.45) is 4.63. The number of nitrogens with two attached hydrogens (primary N) is 1. The fourth-order valence-electron chi connectivity index (χ4n) is 3.81. The summed E-state index contributed by atoms with van der Waals surface area (Å²) in [5.41, 5.74) is 9.94. The molecule has 1 fully saturated rings. The second kappa shape index (κ2) is 8.05. The third-order valence-electron chi connectivity index (χ3n) is 5.37. The summed E-state index contributed by atoms with van der Waals surface area (Å²) in [5.74, 6) is 1.50. The summed E-state index contributed by atoms with van der Waals surface area (Å²) in [4.78, 5) is 10.9. The van der Waals surface area contributed by atoms with E-state index in [4.69, 9.17) is 15.2 Å². The number of nitrogen functional groups attached to an aromatic ring is 1. The Kier molecular flexibility index (Phi) is 5.29. The maximum atomic E-state index is 9.97. The zero-order valence-electron chi connectivity index (χ0n) is 17.3. The number of imidazole rings is 1. The SMILES string of the molecule is COc1cc(-c2cc(N)nc(-n3cnc(C)c3)c2C#N)cc(N2CCC(OC)C2)c1. The number of hydrogen-bond acceptors (Lipinski definition) is 7. The molecule has 0 bridgehead atoms. The quantitative estimate of drug-likeness (QED) is 0.697. The van der Waals surface area contributed by atoms with Crippen LogP contribution < -0.4 is 15.4 Å². The Labute approximate surface area is 175 Å². The van der Waals surface area contributed by atoms with Crippen LogP contribution in [-0.2, 0) is 4.74 Å². The molecule has 3 heterocycles. The maximum absolute atomic E-state index is 9.97. The molecule has 1 aliphatic rings. The van der Waals surface area contributed by atoms with Gasteiger partial charge in [-0.05, 0) is 37.1 Å². The molecule has 1 aliphatic heterocycles. The molecule has 1 unspecified atom stereocenters. The zero-order valence-corrected chi connectivity index (χ0v) is 17.3. The van der Waals surface area contributed by atoms with Gasteiger partial charge in [-0.3, -0.25) is 4.57 Å². The van der Waals surface area contributed by atoms with Crippen LogP contribution in [0.3, 0.4) is 0 Å². The van der Waals surface area contributed by atoms with Crippen LogP contribution in [0.15, 0.2) is 36.8 Å². The Morgan fingerprint density at radius 2 is 2.07 bits per heavy atom. The number of benzene rings is 1. The maximum Gasteiger partial charge on any atom is 0.158 e. The third-order valence-corrected chi connectivity index (χ3v) is 5.37. The lowest BCUT2D eigenvalue weighted by Gasteiger charge is -2.21. The molecule has 8 heteroatoms. The van der Waals surface area contributed by atoms with Gasteiger partial charge in [0, 0.05) is 43.7 Å². The van der Waals surface area contributed by atoms with Crippen molar-refractivity contribution in [3.63, 3.8) is 0 Å². The largest absolute Gasteiger partial charge is 0.497 e. The van der Waals surface area contributed by atoms with E-state index in [1.165, 1.54) is 0 Å². The Bertz CT molecular complexity index is 1120. The molecule has 3 aromatic rings. The summed E-state index contributed by atoms with van der Waals surface area (Å²) in [7, 11) is 3.38. The van der Waals surface area contributed by atoms with E-state index in [0.717, 1.165) is 36.5 Å². The second-order valence-corrected chi connectivity index (χ2v) is 7.34. The average molecular weight is 404 g/mol. The molecule has 1 saturated heterocycles. The molecular formula is C22H24N6O2. The monoisotopic (exact) mass is 404 g/mol. The zero-order chi connectivity index (χ0) is 21.3. The number of nitrogens with zero attached hydrogens (tertiary/aromatic N) is 5. The molecule has 2 N–H and O–H groups in total. The first-order valence-corrected chi connectivity index (χ1v) is 9.71. The highest BCUT2D eigenvalue weighted by Crippen LogP contribution is 2.35. The van der Waals surface area contributed by atoms with Crippen molar-refractivity contribution in [2.24, 2.45) is 0 Å². The van der Waals surface area contributed by atoms with E-state index in [1.54, 1.807) is 31.2 Å². The minimum Gasteiger partial charge on any atom is -0.497 e. The van der Waals surface area contributed by atoms with Crippen LogP contribution in [0.5, 0.6) is 5.75 Å². The van der Waals surface area contributed by atoms with Gasteiger partial charge in [0.1, 0.15) is 29.5 Å². The van der Waals surface area contributed by atoms with Gasteiger partial charge in [0.25, 0.3) is 0 Å². The van der Waals surface area contributed by atoms with Gasteiger partial charge in [0.2, 0.25) is 0 Å². The number of nitriles is 1. The van der Waals surface area contributed by atoms with Crippen molar-refractivity contribution in [3.05, 3.63) is 48.0 Å². The second-order valence-electron chi connectivity index (χ2n) is 7.34. The van der Waals surface area contributed by atoms with Gasteiger partial charge in [-0.2, -0.15) is 5.26 Å². The molecule has 0 saturated carbocycles. The molecule has 0 radical (unpaired) electrons. The van der Waals surface area contributed by atoms with Crippen LogP contribution in [0.25, 0.3) is 16.9 Å². The van der Waals surface area contributed by atoms with Crippen LogP contribution in [0, 0.1) is 18.3 Å². The summed E-state index contributed by atoms with van der Waals surface area (Å²) in [6, 6.07) is 9.99. The smallest absolute Gasteiger partial charge is 0.158 e. The lowest BCUT2D eigenvalue weighted by Crippen LogP contribution is -2.22. The molecule has 0 spiro atoms. The van der Waals surface area contributed by atoms with Crippen molar-refractivity contribution < 1.29 is 9.47 Å². The van der Waals surface area contributed by atoms with Crippen LogP contribution in [-0.4, -0.2) is 47.9 Å². The van der Waals surface area contributed by atoms with Gasteiger partial charge in [-0.15, -0.1) is 0 Å². The molecule has 30 heavy (non-hydrogen) atoms. The van der Waals surface area contributed by atoms with E-state index in [1.807, 2.05) is 25.3 Å². The molecule has 8 nitrogen and oxygen atoms in total. The fourth-order valence-corrected chi connectivity index (χ4v) is 3.81. The number of pyridine rings is 1. The van der Waals surface area contributed by atoms with E-state index >= 15 is 0 Å². The average Bonchev–Trinajstić information content (AvgIpc) is 3.41. The first-order chi connectivity index (χ1) is 14.5. The first kappa shape index (κ1) is 19.7. The molecule has 1 atom stereocenters. The summed E-state index contributed by atoms with van der Waals surface area (Å²) in [6.45, 7) is 3.59. The van der Waals surface area contributed by atoms with E-state index in [9.17, 15) is 5.26 Å².